The number of benzene rings is 8. The lowest BCUT2D eigenvalue weighted by Gasteiger charge is -2.11. The van der Waals surface area contributed by atoms with Gasteiger partial charge in [-0.15, -0.1) is 0 Å². The van der Waals surface area contributed by atoms with Crippen molar-refractivity contribution < 1.29 is 0 Å². The van der Waals surface area contributed by atoms with Gasteiger partial charge in [0.05, 0.1) is 0 Å². The lowest BCUT2D eigenvalue weighted by atomic mass is 9.96. The van der Waals surface area contributed by atoms with Crippen LogP contribution in [0.15, 0.2) is 212 Å². The predicted octanol–water partition coefficient (Wildman–Crippen LogP) is 13.2. The maximum Gasteiger partial charge on any atom is 0.164 e. The van der Waals surface area contributed by atoms with Crippen molar-refractivity contribution in [3.8, 4) is 89.8 Å². The Labute approximate surface area is 316 Å². The van der Waals surface area contributed by atoms with E-state index in [9.17, 15) is 0 Å². The van der Waals surface area contributed by atoms with E-state index in [1.165, 1.54) is 33.4 Å². The van der Waals surface area contributed by atoms with Gasteiger partial charge in [-0.1, -0.05) is 200 Å². The fourth-order valence-corrected chi connectivity index (χ4v) is 6.85. The van der Waals surface area contributed by atoms with Crippen LogP contribution in [0.25, 0.3) is 89.8 Å². The van der Waals surface area contributed by atoms with Crippen LogP contribution in [0, 0.1) is 0 Å². The highest BCUT2D eigenvalue weighted by atomic mass is 15.0. The van der Waals surface area contributed by atoms with Gasteiger partial charge >= 0.3 is 0 Å². The summed E-state index contributed by atoms with van der Waals surface area (Å²) in [5.74, 6) is 1.90. The van der Waals surface area contributed by atoms with Crippen molar-refractivity contribution in [2.24, 2.45) is 0 Å². The summed E-state index contributed by atoms with van der Waals surface area (Å²) >= 11 is 0. The zero-order valence-corrected chi connectivity index (χ0v) is 29.5. The molecule has 1 heterocycles. The molecule has 0 amide bonds. The van der Waals surface area contributed by atoms with Crippen LogP contribution in [0.1, 0.15) is 0 Å². The summed E-state index contributed by atoms with van der Waals surface area (Å²) in [5.41, 5.74) is 14.5. The quantitative estimate of drug-likeness (QED) is 0.159. The number of aromatic nitrogens is 3. The van der Waals surface area contributed by atoms with E-state index >= 15 is 0 Å². The highest BCUT2D eigenvalue weighted by molar-refractivity contribution is 5.78. The van der Waals surface area contributed by atoms with Crippen molar-refractivity contribution in [2.45, 2.75) is 0 Å². The number of rotatable bonds is 8. The molecule has 54 heavy (non-hydrogen) atoms. The molecule has 3 nitrogen and oxygen atoms in total. The molecule has 0 radical (unpaired) electrons. The average molecular weight is 690 g/mol. The first-order valence-corrected chi connectivity index (χ1v) is 18.2. The van der Waals surface area contributed by atoms with Gasteiger partial charge in [-0.05, 0) is 67.8 Å². The summed E-state index contributed by atoms with van der Waals surface area (Å²) in [7, 11) is 0. The third-order valence-electron chi connectivity index (χ3n) is 9.78. The summed E-state index contributed by atoms with van der Waals surface area (Å²) in [6.45, 7) is 0. The highest BCUT2D eigenvalue weighted by Gasteiger charge is 2.14. The van der Waals surface area contributed by atoms with Crippen LogP contribution in [0.5, 0.6) is 0 Å². The lowest BCUT2D eigenvalue weighted by molar-refractivity contribution is 1.07. The van der Waals surface area contributed by atoms with Gasteiger partial charge in [0.2, 0.25) is 0 Å². The summed E-state index contributed by atoms with van der Waals surface area (Å²) in [4.78, 5) is 15.1. The monoisotopic (exact) mass is 689 g/mol. The molecule has 0 spiro atoms. The second-order valence-corrected chi connectivity index (χ2v) is 13.3. The third-order valence-corrected chi connectivity index (χ3v) is 9.78. The molecule has 0 aliphatic heterocycles. The molecule has 0 saturated heterocycles. The normalized spacial score (nSPS) is 11.0. The Hall–Kier alpha value is -7.23. The average Bonchev–Trinajstić information content (AvgIpc) is 3.27. The standard InChI is InChI=1S/C51H35N3/c1-4-12-36(13-5-1)39-22-28-42(29-23-39)49-52-50(43-30-24-40(25-31-43)37-14-6-2-7-15-37)54-51(53-49)44-32-26-41(27-33-44)46-19-11-21-48(35-46)47-20-10-18-45(34-47)38-16-8-3-9-17-38/h1-35H. The largest absolute Gasteiger partial charge is 0.208 e. The van der Waals surface area contributed by atoms with Crippen molar-refractivity contribution in [1.82, 2.24) is 15.0 Å². The van der Waals surface area contributed by atoms with Gasteiger partial charge < -0.3 is 0 Å². The van der Waals surface area contributed by atoms with E-state index < -0.39 is 0 Å². The van der Waals surface area contributed by atoms with E-state index in [1.54, 1.807) is 0 Å². The molecule has 0 fully saturated rings. The minimum absolute atomic E-state index is 0.632. The maximum atomic E-state index is 5.03. The molecule has 0 saturated carbocycles. The van der Waals surface area contributed by atoms with Gasteiger partial charge in [0.25, 0.3) is 0 Å². The molecular weight excluding hydrogens is 655 g/mol. The van der Waals surface area contributed by atoms with Gasteiger partial charge in [0.1, 0.15) is 0 Å². The Bertz CT molecular complexity index is 2550. The molecule has 0 unspecified atom stereocenters. The molecule has 0 N–H and O–H groups in total. The maximum absolute atomic E-state index is 5.03. The second-order valence-electron chi connectivity index (χ2n) is 13.3. The van der Waals surface area contributed by atoms with Crippen LogP contribution in [-0.2, 0) is 0 Å². The summed E-state index contributed by atoms with van der Waals surface area (Å²) in [5, 5.41) is 0. The molecular formula is C51H35N3. The minimum Gasteiger partial charge on any atom is -0.208 e. The van der Waals surface area contributed by atoms with E-state index in [0.29, 0.717) is 17.5 Å². The van der Waals surface area contributed by atoms with E-state index in [-0.39, 0.29) is 0 Å². The van der Waals surface area contributed by atoms with Crippen LogP contribution >= 0.6 is 0 Å². The summed E-state index contributed by atoms with van der Waals surface area (Å²) < 4.78 is 0. The van der Waals surface area contributed by atoms with E-state index in [0.717, 1.165) is 38.9 Å². The number of hydrogen-bond acceptors (Lipinski definition) is 3. The van der Waals surface area contributed by atoms with Crippen molar-refractivity contribution >= 4 is 0 Å². The van der Waals surface area contributed by atoms with E-state index in [1.807, 2.05) is 12.1 Å². The Balaban J connectivity index is 1.05. The fraction of sp³-hybridized carbons (Fsp3) is 0. The van der Waals surface area contributed by atoms with Gasteiger partial charge in [-0.2, -0.15) is 0 Å². The van der Waals surface area contributed by atoms with Crippen molar-refractivity contribution in [3.05, 3.63) is 212 Å². The zero-order valence-electron chi connectivity index (χ0n) is 29.5. The smallest absolute Gasteiger partial charge is 0.164 e. The first-order chi connectivity index (χ1) is 26.7. The Kier molecular flexibility index (Phi) is 8.94. The second kappa shape index (κ2) is 14.8. The SMILES string of the molecule is c1ccc(-c2ccc(-c3nc(-c4ccc(-c5ccccc5)cc4)nc(-c4ccc(-c5cccc(-c6cccc(-c7ccccc7)c6)c5)cc4)n3)cc2)cc1. The van der Waals surface area contributed by atoms with Gasteiger partial charge in [0.15, 0.2) is 17.5 Å². The molecule has 3 heteroatoms. The molecule has 8 aromatic carbocycles. The lowest BCUT2D eigenvalue weighted by Crippen LogP contribution is -2.00. The van der Waals surface area contributed by atoms with Gasteiger partial charge in [-0.3, -0.25) is 0 Å². The van der Waals surface area contributed by atoms with Crippen molar-refractivity contribution in [2.75, 3.05) is 0 Å². The van der Waals surface area contributed by atoms with Gasteiger partial charge in [-0.25, -0.2) is 15.0 Å². The van der Waals surface area contributed by atoms with Crippen LogP contribution < -0.4 is 0 Å². The summed E-state index contributed by atoms with van der Waals surface area (Å²) in [6, 6.07) is 74.2. The number of hydrogen-bond donors (Lipinski definition) is 0. The fourth-order valence-electron chi connectivity index (χ4n) is 6.85. The van der Waals surface area contributed by atoms with Crippen molar-refractivity contribution in [1.29, 1.82) is 0 Å². The molecule has 254 valence electrons. The molecule has 1 aromatic heterocycles. The van der Waals surface area contributed by atoms with Crippen LogP contribution in [0.2, 0.25) is 0 Å². The Morgan fingerprint density at radius 1 is 0.167 bits per heavy atom. The minimum atomic E-state index is 0.632. The Morgan fingerprint density at radius 3 is 0.685 bits per heavy atom. The van der Waals surface area contributed by atoms with Crippen LogP contribution in [-0.4, -0.2) is 15.0 Å². The molecule has 9 rings (SSSR count). The Morgan fingerprint density at radius 2 is 0.370 bits per heavy atom. The first-order valence-electron chi connectivity index (χ1n) is 18.2. The first kappa shape index (κ1) is 32.7. The predicted molar refractivity (Wildman–Crippen MR) is 223 cm³/mol. The molecule has 9 aromatic rings. The van der Waals surface area contributed by atoms with E-state index in [2.05, 4.69) is 200 Å². The topological polar surface area (TPSA) is 38.7 Å². The van der Waals surface area contributed by atoms with E-state index in [4.69, 9.17) is 15.0 Å². The molecule has 0 aliphatic rings. The van der Waals surface area contributed by atoms with Crippen LogP contribution in [0.3, 0.4) is 0 Å². The molecule has 0 atom stereocenters. The van der Waals surface area contributed by atoms with Crippen LogP contribution in [0.4, 0.5) is 0 Å². The molecule has 0 aliphatic carbocycles. The number of nitrogens with zero attached hydrogens (tertiary/aromatic N) is 3. The highest BCUT2D eigenvalue weighted by Crippen LogP contribution is 2.32. The third kappa shape index (κ3) is 6.99. The summed E-state index contributed by atoms with van der Waals surface area (Å²) in [6.07, 6.45) is 0. The molecule has 0 bridgehead atoms. The van der Waals surface area contributed by atoms with Crippen molar-refractivity contribution in [3.63, 3.8) is 0 Å². The van der Waals surface area contributed by atoms with Gasteiger partial charge in [0, 0.05) is 16.7 Å². The zero-order chi connectivity index (χ0) is 36.1.